The van der Waals surface area contributed by atoms with Crippen LogP contribution < -0.4 is 20.2 Å². The first kappa shape index (κ1) is 19.0. The van der Waals surface area contributed by atoms with Crippen molar-refractivity contribution in [1.82, 2.24) is 5.43 Å². The summed E-state index contributed by atoms with van der Waals surface area (Å²) in [4.78, 5) is 23.8. The monoisotopic (exact) mass is 355 g/mol. The van der Waals surface area contributed by atoms with E-state index < -0.39 is 11.8 Å². The summed E-state index contributed by atoms with van der Waals surface area (Å²) in [6.45, 7) is 2.59. The molecule has 26 heavy (non-hydrogen) atoms. The number of para-hydroxylation sites is 3. The van der Waals surface area contributed by atoms with Gasteiger partial charge in [-0.2, -0.15) is 5.10 Å². The molecule has 0 aromatic heterocycles. The second-order valence-electron chi connectivity index (χ2n) is 5.24. The average Bonchev–Trinajstić information content (AvgIpc) is 2.67. The molecule has 2 N–H and O–H groups in total. The molecule has 0 aliphatic heterocycles. The summed E-state index contributed by atoms with van der Waals surface area (Å²) in [6.07, 6.45) is 2.31. The van der Waals surface area contributed by atoms with Crippen LogP contribution in [0, 0.1) is 0 Å². The van der Waals surface area contributed by atoms with Gasteiger partial charge in [0.1, 0.15) is 11.5 Å². The zero-order chi connectivity index (χ0) is 18.8. The summed E-state index contributed by atoms with van der Waals surface area (Å²) in [5, 5.41) is 6.29. The number of carbonyl (C=O) groups excluding carboxylic acids is 2. The predicted molar refractivity (Wildman–Crippen MR) is 99.6 cm³/mol. The number of carbonyl (C=O) groups is 2. The van der Waals surface area contributed by atoms with Gasteiger partial charge in [0.15, 0.2) is 0 Å². The largest absolute Gasteiger partial charge is 0.495 e. The topological polar surface area (TPSA) is 89.0 Å². The van der Waals surface area contributed by atoms with Gasteiger partial charge in [-0.25, -0.2) is 5.43 Å². The van der Waals surface area contributed by atoms with Crippen LogP contribution in [-0.4, -0.2) is 31.7 Å². The Balaban J connectivity index is 1.96. The Bertz CT molecular complexity index is 790. The molecular formula is C19H21N3O4. The van der Waals surface area contributed by atoms with Crippen LogP contribution in [0.1, 0.15) is 18.9 Å². The van der Waals surface area contributed by atoms with Crippen LogP contribution in [0.25, 0.3) is 0 Å². The number of hydrazone groups is 1. The SMILES string of the molecule is CCCOc1ccccc1/C=N\NC(=O)C(=O)Nc1ccccc1OC. The third kappa shape index (κ3) is 5.34. The lowest BCUT2D eigenvalue weighted by atomic mass is 10.2. The van der Waals surface area contributed by atoms with Crippen molar-refractivity contribution in [2.45, 2.75) is 13.3 Å². The third-order valence-electron chi connectivity index (χ3n) is 3.31. The Morgan fingerprint density at radius 3 is 2.46 bits per heavy atom. The molecule has 0 unspecified atom stereocenters. The van der Waals surface area contributed by atoms with E-state index in [0.29, 0.717) is 29.4 Å². The van der Waals surface area contributed by atoms with E-state index >= 15 is 0 Å². The molecule has 7 nitrogen and oxygen atoms in total. The molecule has 0 fully saturated rings. The van der Waals surface area contributed by atoms with Crippen LogP contribution in [0.15, 0.2) is 53.6 Å². The number of methoxy groups -OCH3 is 1. The normalized spacial score (nSPS) is 10.4. The number of anilines is 1. The van der Waals surface area contributed by atoms with Gasteiger partial charge < -0.3 is 14.8 Å². The molecule has 0 heterocycles. The second-order valence-corrected chi connectivity index (χ2v) is 5.24. The van der Waals surface area contributed by atoms with Crippen molar-refractivity contribution >= 4 is 23.7 Å². The Labute approximate surface area is 152 Å². The van der Waals surface area contributed by atoms with Gasteiger partial charge in [-0.3, -0.25) is 9.59 Å². The molecule has 0 bridgehead atoms. The first-order valence-electron chi connectivity index (χ1n) is 8.15. The number of rotatable bonds is 7. The van der Waals surface area contributed by atoms with Crippen LogP contribution >= 0.6 is 0 Å². The minimum absolute atomic E-state index is 0.400. The summed E-state index contributed by atoms with van der Waals surface area (Å²) in [6, 6.07) is 14.1. The summed E-state index contributed by atoms with van der Waals surface area (Å²) in [5.74, 6) is -0.619. The van der Waals surface area contributed by atoms with Crippen molar-refractivity contribution in [3.05, 3.63) is 54.1 Å². The van der Waals surface area contributed by atoms with Gasteiger partial charge in [0.25, 0.3) is 0 Å². The maximum Gasteiger partial charge on any atom is 0.329 e. The van der Waals surface area contributed by atoms with E-state index in [0.717, 1.165) is 6.42 Å². The molecule has 0 aliphatic carbocycles. The minimum atomic E-state index is -0.890. The quantitative estimate of drug-likeness (QED) is 0.454. The van der Waals surface area contributed by atoms with Crippen molar-refractivity contribution in [1.29, 1.82) is 0 Å². The fourth-order valence-corrected chi connectivity index (χ4v) is 2.07. The summed E-state index contributed by atoms with van der Waals surface area (Å²) in [7, 11) is 1.48. The van der Waals surface area contributed by atoms with Crippen LogP contribution in [-0.2, 0) is 9.59 Å². The lowest BCUT2D eigenvalue weighted by Crippen LogP contribution is -2.32. The zero-order valence-corrected chi connectivity index (χ0v) is 14.7. The van der Waals surface area contributed by atoms with Crippen molar-refractivity contribution in [3.63, 3.8) is 0 Å². The number of amides is 2. The first-order valence-corrected chi connectivity index (χ1v) is 8.15. The van der Waals surface area contributed by atoms with E-state index in [1.54, 1.807) is 30.3 Å². The second kappa shape index (κ2) is 9.83. The molecule has 7 heteroatoms. The van der Waals surface area contributed by atoms with Gasteiger partial charge in [0.05, 0.1) is 25.6 Å². The Hall–Kier alpha value is -3.35. The molecule has 0 atom stereocenters. The average molecular weight is 355 g/mol. The van der Waals surface area contributed by atoms with E-state index in [-0.39, 0.29) is 0 Å². The summed E-state index contributed by atoms with van der Waals surface area (Å²) in [5.41, 5.74) is 3.29. The number of hydrogen-bond acceptors (Lipinski definition) is 5. The molecule has 0 saturated heterocycles. The van der Waals surface area contributed by atoms with Crippen LogP contribution in [0.4, 0.5) is 5.69 Å². The van der Waals surface area contributed by atoms with Gasteiger partial charge in [0, 0.05) is 5.56 Å². The van der Waals surface area contributed by atoms with Crippen molar-refractivity contribution in [2.75, 3.05) is 19.0 Å². The van der Waals surface area contributed by atoms with Gasteiger partial charge in [-0.05, 0) is 30.7 Å². The molecular weight excluding hydrogens is 334 g/mol. The van der Waals surface area contributed by atoms with E-state index in [1.165, 1.54) is 13.3 Å². The highest BCUT2D eigenvalue weighted by molar-refractivity contribution is 6.39. The minimum Gasteiger partial charge on any atom is -0.495 e. The molecule has 0 radical (unpaired) electrons. The fraction of sp³-hybridized carbons (Fsp3) is 0.211. The van der Waals surface area contributed by atoms with Crippen molar-refractivity contribution in [3.8, 4) is 11.5 Å². The number of hydrogen-bond donors (Lipinski definition) is 2. The molecule has 2 rings (SSSR count). The number of benzene rings is 2. The van der Waals surface area contributed by atoms with Crippen LogP contribution in [0.5, 0.6) is 11.5 Å². The van der Waals surface area contributed by atoms with Gasteiger partial charge in [0.2, 0.25) is 0 Å². The number of nitrogens with one attached hydrogen (secondary N) is 2. The summed E-state index contributed by atoms with van der Waals surface area (Å²) >= 11 is 0. The van der Waals surface area contributed by atoms with E-state index in [1.807, 2.05) is 25.1 Å². The smallest absolute Gasteiger partial charge is 0.329 e. The molecule has 2 amide bonds. The Morgan fingerprint density at radius 1 is 1.04 bits per heavy atom. The predicted octanol–water partition coefficient (Wildman–Crippen LogP) is 2.57. The molecule has 0 saturated carbocycles. The van der Waals surface area contributed by atoms with E-state index in [2.05, 4.69) is 15.8 Å². The van der Waals surface area contributed by atoms with Crippen LogP contribution in [0.3, 0.4) is 0 Å². The highest BCUT2D eigenvalue weighted by Gasteiger charge is 2.14. The first-order chi connectivity index (χ1) is 12.7. The molecule has 2 aromatic carbocycles. The van der Waals surface area contributed by atoms with Gasteiger partial charge in [-0.1, -0.05) is 31.2 Å². The zero-order valence-electron chi connectivity index (χ0n) is 14.7. The van der Waals surface area contributed by atoms with E-state index in [4.69, 9.17) is 9.47 Å². The molecule has 0 spiro atoms. The standard InChI is InChI=1S/C19H21N3O4/c1-3-12-26-16-10-6-4-8-14(16)13-20-22-19(24)18(23)21-15-9-5-7-11-17(15)25-2/h4-11,13H,3,12H2,1-2H3,(H,21,23)(H,22,24)/b20-13-. The maximum absolute atomic E-state index is 12.0. The van der Waals surface area contributed by atoms with E-state index in [9.17, 15) is 9.59 Å². The lowest BCUT2D eigenvalue weighted by Gasteiger charge is -2.09. The Morgan fingerprint density at radius 2 is 1.73 bits per heavy atom. The molecule has 0 aliphatic rings. The Kier molecular flexibility index (Phi) is 7.17. The molecule has 136 valence electrons. The number of nitrogens with zero attached hydrogens (tertiary/aromatic N) is 1. The highest BCUT2D eigenvalue weighted by atomic mass is 16.5. The third-order valence-corrected chi connectivity index (χ3v) is 3.31. The lowest BCUT2D eigenvalue weighted by molar-refractivity contribution is -0.136. The van der Waals surface area contributed by atoms with Gasteiger partial charge in [-0.15, -0.1) is 0 Å². The summed E-state index contributed by atoms with van der Waals surface area (Å²) < 4.78 is 10.7. The van der Waals surface area contributed by atoms with Crippen molar-refractivity contribution < 1.29 is 19.1 Å². The van der Waals surface area contributed by atoms with Gasteiger partial charge >= 0.3 is 11.8 Å². The fourth-order valence-electron chi connectivity index (χ4n) is 2.07. The maximum atomic E-state index is 12.0. The van der Waals surface area contributed by atoms with Crippen molar-refractivity contribution in [2.24, 2.45) is 5.10 Å². The van der Waals surface area contributed by atoms with Crippen LogP contribution in [0.2, 0.25) is 0 Å². The highest BCUT2D eigenvalue weighted by Crippen LogP contribution is 2.22. The number of ether oxygens (including phenoxy) is 2. The molecule has 2 aromatic rings.